The fraction of sp³-hybridized carbons (Fsp3) is 0.583. The van der Waals surface area contributed by atoms with E-state index in [4.69, 9.17) is 10.2 Å². The third-order valence-corrected chi connectivity index (χ3v) is 2.77. The highest BCUT2D eigenvalue weighted by Gasteiger charge is 2.19. The first-order valence-corrected chi connectivity index (χ1v) is 5.73. The molecule has 0 aromatic carbocycles. The number of carbonyl (C=O) groups is 1. The molecule has 1 rings (SSSR count). The third kappa shape index (κ3) is 3.87. The average molecular weight is 239 g/mol. The molecule has 1 aromatic heterocycles. The van der Waals surface area contributed by atoms with Crippen LogP contribution >= 0.6 is 0 Å². The number of amides is 1. The molecular weight excluding hydrogens is 218 g/mol. The minimum atomic E-state index is -0.158. The average Bonchev–Trinajstić information content (AvgIpc) is 2.81. The lowest BCUT2D eigenvalue weighted by atomic mass is 10.1. The van der Waals surface area contributed by atoms with Crippen molar-refractivity contribution in [2.24, 2.45) is 11.7 Å². The molecule has 96 valence electrons. The molecule has 1 heterocycles. The molecule has 2 atom stereocenters. The first kappa shape index (κ1) is 13.7. The summed E-state index contributed by atoms with van der Waals surface area (Å²) in [5.74, 6) is 0.663. The molecule has 0 saturated carbocycles. The molecule has 0 spiro atoms. The van der Waals surface area contributed by atoms with E-state index < -0.39 is 0 Å². The van der Waals surface area contributed by atoms with Crippen LogP contribution in [0.4, 0.5) is 0 Å². The van der Waals surface area contributed by atoms with Gasteiger partial charge in [0.1, 0.15) is 5.76 Å². The first-order valence-electron chi connectivity index (χ1n) is 5.73. The topological polar surface area (TPSA) is 71.5 Å². The minimum absolute atomic E-state index is 0.0223. The highest BCUT2D eigenvalue weighted by Crippen LogP contribution is 2.17. The van der Waals surface area contributed by atoms with Crippen LogP contribution in [0.25, 0.3) is 0 Å². The van der Waals surface area contributed by atoms with E-state index in [-0.39, 0.29) is 17.9 Å². The summed E-state index contributed by atoms with van der Waals surface area (Å²) in [6.07, 6.45) is 1.64. The van der Waals surface area contributed by atoms with Crippen LogP contribution < -0.4 is 11.1 Å². The molecule has 17 heavy (non-hydrogen) atoms. The lowest BCUT2D eigenvalue weighted by Gasteiger charge is -2.23. The molecular formula is C12H21N3O2. The Kier molecular flexibility index (Phi) is 5.18. The zero-order valence-corrected chi connectivity index (χ0v) is 10.6. The van der Waals surface area contributed by atoms with Crippen LogP contribution in [-0.2, 0) is 4.79 Å². The molecule has 0 bridgehead atoms. The summed E-state index contributed by atoms with van der Waals surface area (Å²) in [5.41, 5.74) is 5.44. The quantitative estimate of drug-likeness (QED) is 0.762. The van der Waals surface area contributed by atoms with Crippen LogP contribution in [0, 0.1) is 5.92 Å². The van der Waals surface area contributed by atoms with Gasteiger partial charge in [0.25, 0.3) is 0 Å². The molecule has 5 nitrogen and oxygen atoms in total. The maximum Gasteiger partial charge on any atom is 0.224 e. The van der Waals surface area contributed by atoms with E-state index in [1.165, 1.54) is 0 Å². The summed E-state index contributed by atoms with van der Waals surface area (Å²) in [5, 5.41) is 2.88. The van der Waals surface area contributed by atoms with E-state index in [1.54, 1.807) is 6.26 Å². The van der Waals surface area contributed by atoms with Crippen LogP contribution in [0.5, 0.6) is 0 Å². The zero-order chi connectivity index (χ0) is 12.8. The Morgan fingerprint density at radius 3 is 2.76 bits per heavy atom. The number of hydrogen-bond acceptors (Lipinski definition) is 4. The van der Waals surface area contributed by atoms with Gasteiger partial charge < -0.3 is 15.5 Å². The van der Waals surface area contributed by atoms with Crippen molar-refractivity contribution in [2.45, 2.75) is 13.0 Å². The summed E-state index contributed by atoms with van der Waals surface area (Å²) in [4.78, 5) is 13.6. The van der Waals surface area contributed by atoms with Gasteiger partial charge in [-0.2, -0.15) is 0 Å². The highest BCUT2D eigenvalue weighted by molar-refractivity contribution is 5.78. The normalized spacial score (nSPS) is 14.6. The van der Waals surface area contributed by atoms with Gasteiger partial charge in [0.05, 0.1) is 12.3 Å². The van der Waals surface area contributed by atoms with Crippen LogP contribution in [0.2, 0.25) is 0 Å². The SMILES string of the molecule is CC(CN)C(=O)NCC(c1ccco1)N(C)C. The van der Waals surface area contributed by atoms with Crippen LogP contribution in [0.1, 0.15) is 18.7 Å². The number of nitrogens with two attached hydrogens (primary N) is 1. The maximum atomic E-state index is 11.6. The summed E-state index contributed by atoms with van der Waals surface area (Å²) < 4.78 is 5.36. The van der Waals surface area contributed by atoms with E-state index in [9.17, 15) is 4.79 Å². The van der Waals surface area contributed by atoms with Crippen molar-refractivity contribution in [2.75, 3.05) is 27.2 Å². The van der Waals surface area contributed by atoms with Gasteiger partial charge in [0.2, 0.25) is 5.91 Å². The molecule has 0 aliphatic rings. The van der Waals surface area contributed by atoms with Gasteiger partial charge in [-0.15, -0.1) is 0 Å². The van der Waals surface area contributed by atoms with Crippen molar-refractivity contribution in [3.05, 3.63) is 24.2 Å². The second kappa shape index (κ2) is 6.42. The Morgan fingerprint density at radius 2 is 2.29 bits per heavy atom. The molecule has 3 N–H and O–H groups in total. The van der Waals surface area contributed by atoms with E-state index in [2.05, 4.69) is 5.32 Å². The second-order valence-electron chi connectivity index (χ2n) is 4.38. The first-order chi connectivity index (χ1) is 8.06. The largest absolute Gasteiger partial charge is 0.468 e. The molecule has 0 aliphatic heterocycles. The van der Waals surface area contributed by atoms with E-state index in [0.717, 1.165) is 5.76 Å². The van der Waals surface area contributed by atoms with Gasteiger partial charge in [-0.3, -0.25) is 9.69 Å². The molecule has 1 aromatic rings. The summed E-state index contributed by atoms with van der Waals surface area (Å²) >= 11 is 0. The lowest BCUT2D eigenvalue weighted by molar-refractivity contribution is -0.124. The lowest BCUT2D eigenvalue weighted by Crippen LogP contribution is -2.38. The number of nitrogens with zero attached hydrogens (tertiary/aromatic N) is 1. The molecule has 5 heteroatoms. The van der Waals surface area contributed by atoms with Gasteiger partial charge in [-0.25, -0.2) is 0 Å². The third-order valence-electron chi connectivity index (χ3n) is 2.77. The molecule has 2 unspecified atom stereocenters. The number of furan rings is 1. The monoisotopic (exact) mass is 239 g/mol. The Balaban J connectivity index is 2.55. The van der Waals surface area contributed by atoms with Crippen molar-refractivity contribution in [3.63, 3.8) is 0 Å². The Morgan fingerprint density at radius 1 is 1.59 bits per heavy atom. The van der Waals surface area contributed by atoms with Crippen molar-refractivity contribution < 1.29 is 9.21 Å². The summed E-state index contributed by atoms with van der Waals surface area (Å²) in [6.45, 7) is 2.69. The number of carbonyl (C=O) groups excluding carboxylic acids is 1. The fourth-order valence-electron chi connectivity index (χ4n) is 1.50. The maximum absolute atomic E-state index is 11.6. The van der Waals surface area contributed by atoms with Gasteiger partial charge >= 0.3 is 0 Å². The predicted molar refractivity (Wildman–Crippen MR) is 66.4 cm³/mol. The van der Waals surface area contributed by atoms with Crippen molar-refractivity contribution in [1.29, 1.82) is 0 Å². The molecule has 0 aliphatic carbocycles. The summed E-state index contributed by atoms with van der Waals surface area (Å²) in [6, 6.07) is 3.79. The highest BCUT2D eigenvalue weighted by atomic mass is 16.3. The number of nitrogens with one attached hydrogen (secondary N) is 1. The number of rotatable bonds is 6. The smallest absolute Gasteiger partial charge is 0.224 e. The zero-order valence-electron chi connectivity index (χ0n) is 10.6. The van der Waals surface area contributed by atoms with Crippen molar-refractivity contribution in [3.8, 4) is 0 Å². The Labute approximate surface area is 102 Å². The molecule has 0 radical (unpaired) electrons. The van der Waals surface area contributed by atoms with Crippen LogP contribution in [0.15, 0.2) is 22.8 Å². The van der Waals surface area contributed by atoms with Crippen molar-refractivity contribution >= 4 is 5.91 Å². The van der Waals surface area contributed by atoms with Crippen molar-refractivity contribution in [1.82, 2.24) is 10.2 Å². The fourth-order valence-corrected chi connectivity index (χ4v) is 1.50. The number of hydrogen-bond donors (Lipinski definition) is 2. The van der Waals surface area contributed by atoms with Gasteiger partial charge in [0, 0.05) is 19.0 Å². The number of likely N-dealkylation sites (N-methyl/N-ethyl adjacent to an activating group) is 1. The van der Waals surface area contributed by atoms with E-state index in [1.807, 2.05) is 38.1 Å². The van der Waals surface area contributed by atoms with Gasteiger partial charge in [-0.1, -0.05) is 6.92 Å². The van der Waals surface area contributed by atoms with Gasteiger partial charge in [0.15, 0.2) is 0 Å². The van der Waals surface area contributed by atoms with Gasteiger partial charge in [-0.05, 0) is 26.2 Å². The Hall–Kier alpha value is -1.33. The standard InChI is InChI=1S/C12H21N3O2/c1-9(7-13)12(16)14-8-10(15(2)3)11-5-4-6-17-11/h4-6,9-10H,7-8,13H2,1-3H3,(H,14,16). The van der Waals surface area contributed by atoms with Crippen LogP contribution in [-0.4, -0.2) is 38.0 Å². The molecule has 1 amide bonds. The molecule has 0 fully saturated rings. The Bertz CT molecular complexity index is 336. The second-order valence-corrected chi connectivity index (χ2v) is 4.38. The van der Waals surface area contributed by atoms with E-state index >= 15 is 0 Å². The van der Waals surface area contributed by atoms with E-state index in [0.29, 0.717) is 13.1 Å². The summed E-state index contributed by atoms with van der Waals surface area (Å²) in [7, 11) is 3.90. The predicted octanol–water partition coefficient (Wildman–Crippen LogP) is 0.593. The minimum Gasteiger partial charge on any atom is -0.468 e. The molecule has 0 saturated heterocycles. The van der Waals surface area contributed by atoms with Crippen LogP contribution in [0.3, 0.4) is 0 Å².